The summed E-state index contributed by atoms with van der Waals surface area (Å²) < 4.78 is 12.1. The largest absolute Gasteiger partial charge is 0.493 e. The first kappa shape index (κ1) is 15.8. The Hall–Kier alpha value is -2.61. The lowest BCUT2D eigenvalue weighted by Crippen LogP contribution is -2.23. The van der Waals surface area contributed by atoms with Crippen LogP contribution in [0.2, 0.25) is 0 Å². The lowest BCUT2D eigenvalue weighted by atomic mass is 10.1. The van der Waals surface area contributed by atoms with Crippen LogP contribution >= 0.6 is 12.2 Å². The van der Waals surface area contributed by atoms with Crippen LogP contribution in [-0.4, -0.2) is 29.7 Å². The molecule has 0 aliphatic rings. The minimum Gasteiger partial charge on any atom is -0.493 e. The van der Waals surface area contributed by atoms with Gasteiger partial charge in [0.15, 0.2) is 16.3 Å². The molecular weight excluding hydrogens is 306 g/mol. The summed E-state index contributed by atoms with van der Waals surface area (Å²) in [5, 5.41) is 0. The van der Waals surface area contributed by atoms with Crippen LogP contribution in [0.3, 0.4) is 0 Å². The van der Waals surface area contributed by atoms with Gasteiger partial charge in [0.25, 0.3) is 5.56 Å². The molecule has 0 saturated heterocycles. The molecule has 0 fully saturated rings. The average molecular weight is 321 g/mol. The number of hydrogen-bond donors (Lipinski definition) is 2. The van der Waals surface area contributed by atoms with Crippen LogP contribution in [0.5, 0.6) is 11.5 Å². The van der Waals surface area contributed by atoms with Gasteiger partial charge in [-0.2, -0.15) is 0 Å². The topological polar surface area (TPSA) is 99.3 Å². The normalized spacial score (nSPS) is 10.3. The number of carbonyl (C=O) groups excluding carboxylic acids is 1. The summed E-state index contributed by atoms with van der Waals surface area (Å²) in [6.07, 6.45) is 0. The van der Waals surface area contributed by atoms with Gasteiger partial charge in [-0.3, -0.25) is 14.6 Å². The second-order valence-electron chi connectivity index (χ2n) is 4.42. The Morgan fingerprint density at radius 1 is 1.36 bits per heavy atom. The van der Waals surface area contributed by atoms with E-state index in [9.17, 15) is 9.59 Å². The summed E-state index contributed by atoms with van der Waals surface area (Å²) in [7, 11) is 3.00. The molecule has 0 aliphatic carbocycles. The number of methoxy groups -OCH3 is 2. The van der Waals surface area contributed by atoms with Gasteiger partial charge in [-0.15, -0.1) is 0 Å². The zero-order valence-electron chi connectivity index (χ0n) is 12.1. The minimum absolute atomic E-state index is 0.103. The number of nitrogens with zero attached hydrogens (tertiary/aromatic N) is 1. The van der Waals surface area contributed by atoms with E-state index in [-0.39, 0.29) is 16.9 Å². The fraction of sp³-hybridized carbons (Fsp3) is 0.214. The van der Waals surface area contributed by atoms with E-state index in [2.05, 4.69) is 4.98 Å². The molecule has 0 aliphatic heterocycles. The van der Waals surface area contributed by atoms with Crippen molar-refractivity contribution in [3.8, 4) is 22.8 Å². The molecule has 0 unspecified atom stereocenters. The standard InChI is InChI=1S/C14H15N3O4S/c1-20-10-5-3-4-8(13(10)21-2)9-6-12(19)16-14(22)17(9)7-11(15)18/h3-6H,7H2,1-2H3,(H2,15,18)(H,16,19,22). The first-order valence-electron chi connectivity index (χ1n) is 6.31. The number of hydrogen-bond acceptors (Lipinski definition) is 5. The maximum absolute atomic E-state index is 11.8. The van der Waals surface area contributed by atoms with Gasteiger partial charge in [0.05, 0.1) is 19.9 Å². The van der Waals surface area contributed by atoms with E-state index in [1.165, 1.54) is 24.9 Å². The number of ether oxygens (including phenoxy) is 2. The van der Waals surface area contributed by atoms with E-state index in [0.717, 1.165) is 0 Å². The molecule has 1 aromatic heterocycles. The molecule has 2 rings (SSSR count). The van der Waals surface area contributed by atoms with E-state index in [0.29, 0.717) is 22.8 Å². The quantitative estimate of drug-likeness (QED) is 0.803. The van der Waals surface area contributed by atoms with Gasteiger partial charge in [-0.1, -0.05) is 6.07 Å². The summed E-state index contributed by atoms with van der Waals surface area (Å²) in [6, 6.07) is 6.54. The molecule has 0 saturated carbocycles. The van der Waals surface area contributed by atoms with Gasteiger partial charge in [0.1, 0.15) is 6.54 Å². The second kappa shape index (κ2) is 6.44. The molecule has 1 aromatic carbocycles. The number of nitrogens with two attached hydrogens (primary N) is 1. The number of para-hydroxylation sites is 1. The number of aromatic amines is 1. The molecule has 1 amide bonds. The Morgan fingerprint density at radius 2 is 2.09 bits per heavy atom. The smallest absolute Gasteiger partial charge is 0.252 e. The molecule has 0 atom stereocenters. The van der Waals surface area contributed by atoms with Crippen LogP contribution in [0.25, 0.3) is 11.3 Å². The molecule has 116 valence electrons. The molecule has 0 bridgehead atoms. The van der Waals surface area contributed by atoms with Gasteiger partial charge in [0.2, 0.25) is 5.91 Å². The van der Waals surface area contributed by atoms with Crippen LogP contribution in [-0.2, 0) is 11.3 Å². The number of aromatic nitrogens is 2. The maximum Gasteiger partial charge on any atom is 0.252 e. The minimum atomic E-state index is -0.578. The zero-order valence-corrected chi connectivity index (χ0v) is 12.9. The fourth-order valence-electron chi connectivity index (χ4n) is 2.15. The third kappa shape index (κ3) is 3.01. The molecule has 8 heteroatoms. The van der Waals surface area contributed by atoms with Crippen molar-refractivity contribution in [1.29, 1.82) is 0 Å². The summed E-state index contributed by atoms with van der Waals surface area (Å²) in [5.41, 5.74) is 5.86. The van der Waals surface area contributed by atoms with Gasteiger partial charge in [0, 0.05) is 11.6 Å². The fourth-order valence-corrected chi connectivity index (χ4v) is 2.41. The highest BCUT2D eigenvalue weighted by molar-refractivity contribution is 7.71. The highest BCUT2D eigenvalue weighted by Gasteiger charge is 2.16. The summed E-state index contributed by atoms with van der Waals surface area (Å²) >= 11 is 5.11. The van der Waals surface area contributed by atoms with Crippen molar-refractivity contribution >= 4 is 18.1 Å². The molecule has 0 radical (unpaired) electrons. The third-order valence-corrected chi connectivity index (χ3v) is 3.35. The third-order valence-electron chi connectivity index (χ3n) is 3.03. The van der Waals surface area contributed by atoms with E-state index in [1.54, 1.807) is 18.2 Å². The van der Waals surface area contributed by atoms with Crippen molar-refractivity contribution in [2.24, 2.45) is 5.73 Å². The van der Waals surface area contributed by atoms with Gasteiger partial charge >= 0.3 is 0 Å². The molecule has 0 spiro atoms. The van der Waals surface area contributed by atoms with E-state index in [4.69, 9.17) is 27.4 Å². The molecule has 3 N–H and O–H groups in total. The average Bonchev–Trinajstić information content (AvgIpc) is 2.48. The van der Waals surface area contributed by atoms with E-state index in [1.807, 2.05) is 0 Å². The number of carbonyl (C=O) groups is 1. The number of nitrogens with one attached hydrogen (secondary N) is 1. The van der Waals surface area contributed by atoms with Gasteiger partial charge < -0.3 is 19.8 Å². The monoisotopic (exact) mass is 321 g/mol. The Balaban J connectivity index is 2.80. The predicted octanol–water partition coefficient (Wildman–Crippen LogP) is 1.08. The maximum atomic E-state index is 11.8. The number of benzene rings is 1. The van der Waals surface area contributed by atoms with Crippen molar-refractivity contribution in [3.63, 3.8) is 0 Å². The molecule has 22 heavy (non-hydrogen) atoms. The molecule has 7 nitrogen and oxygen atoms in total. The Morgan fingerprint density at radius 3 is 2.68 bits per heavy atom. The Labute approximate surface area is 131 Å². The Bertz CT molecular complexity index is 826. The van der Waals surface area contributed by atoms with Crippen molar-refractivity contribution in [3.05, 3.63) is 39.4 Å². The number of primary amides is 1. The SMILES string of the molecule is COc1cccc(-c2cc(=O)[nH]c(=S)n2CC(N)=O)c1OC. The van der Waals surface area contributed by atoms with Crippen LogP contribution in [0, 0.1) is 4.77 Å². The van der Waals surface area contributed by atoms with Gasteiger partial charge in [-0.25, -0.2) is 0 Å². The van der Waals surface area contributed by atoms with Crippen LogP contribution in [0.15, 0.2) is 29.1 Å². The van der Waals surface area contributed by atoms with Crippen molar-refractivity contribution in [2.45, 2.75) is 6.54 Å². The highest BCUT2D eigenvalue weighted by atomic mass is 32.1. The van der Waals surface area contributed by atoms with E-state index < -0.39 is 5.91 Å². The number of amides is 1. The van der Waals surface area contributed by atoms with Crippen LogP contribution in [0.4, 0.5) is 0 Å². The van der Waals surface area contributed by atoms with Crippen molar-refractivity contribution in [2.75, 3.05) is 14.2 Å². The molecular formula is C14H15N3O4S. The van der Waals surface area contributed by atoms with Gasteiger partial charge in [-0.05, 0) is 24.4 Å². The molecule has 1 heterocycles. The summed E-state index contributed by atoms with van der Waals surface area (Å²) in [6.45, 7) is -0.161. The predicted molar refractivity (Wildman–Crippen MR) is 83.6 cm³/mol. The molecule has 2 aromatic rings. The van der Waals surface area contributed by atoms with Crippen LogP contribution in [0.1, 0.15) is 0 Å². The number of H-pyrrole nitrogens is 1. The van der Waals surface area contributed by atoms with Crippen molar-refractivity contribution < 1.29 is 14.3 Å². The lowest BCUT2D eigenvalue weighted by molar-refractivity contribution is -0.118. The van der Waals surface area contributed by atoms with Crippen LogP contribution < -0.4 is 20.8 Å². The second-order valence-corrected chi connectivity index (χ2v) is 4.80. The first-order valence-corrected chi connectivity index (χ1v) is 6.72. The Kier molecular flexibility index (Phi) is 4.62. The summed E-state index contributed by atoms with van der Waals surface area (Å²) in [4.78, 5) is 25.5. The van der Waals surface area contributed by atoms with Crippen molar-refractivity contribution in [1.82, 2.24) is 9.55 Å². The zero-order chi connectivity index (χ0) is 16.3. The lowest BCUT2D eigenvalue weighted by Gasteiger charge is -2.16. The number of rotatable bonds is 5. The first-order chi connectivity index (χ1) is 10.5. The highest BCUT2D eigenvalue weighted by Crippen LogP contribution is 2.37. The van der Waals surface area contributed by atoms with E-state index >= 15 is 0 Å². The summed E-state index contributed by atoms with van der Waals surface area (Å²) in [5.74, 6) is 0.353.